The number of nitrogen functional groups attached to an aromatic ring is 1. The third kappa shape index (κ3) is 2.11. The highest BCUT2D eigenvalue weighted by Crippen LogP contribution is 2.32. The van der Waals surface area contributed by atoms with Gasteiger partial charge in [0.25, 0.3) is 0 Å². The fraction of sp³-hybridized carbons (Fsp3) is 0.182. The molecule has 0 amide bonds. The second kappa shape index (κ2) is 3.94. The number of nitrogens with zero attached hydrogens (tertiary/aromatic N) is 1. The molecule has 0 aliphatic rings. The van der Waals surface area contributed by atoms with E-state index in [-0.39, 0.29) is 22.8 Å². The first-order valence-corrected chi connectivity index (χ1v) is 5.01. The van der Waals surface area contributed by atoms with Crippen LogP contribution in [0.4, 0.5) is 18.9 Å². The van der Waals surface area contributed by atoms with Crippen LogP contribution in [0.15, 0.2) is 18.2 Å². The van der Waals surface area contributed by atoms with E-state index >= 15 is 0 Å². The van der Waals surface area contributed by atoms with Gasteiger partial charge in [0.1, 0.15) is 5.75 Å². The SMILES string of the molecule is Cc1[nH]c(C(F)(F)F)nc1-c1ccc(O)c(N)c1. The second-order valence-electron chi connectivity index (χ2n) is 3.83. The number of hydrogen-bond acceptors (Lipinski definition) is 3. The molecule has 2 aromatic rings. The second-order valence-corrected chi connectivity index (χ2v) is 3.83. The predicted octanol–water partition coefficient (Wildman–Crippen LogP) is 2.69. The lowest BCUT2D eigenvalue weighted by Crippen LogP contribution is -2.07. The average Bonchev–Trinajstić information content (AvgIpc) is 2.64. The molecule has 1 aromatic carbocycles. The third-order valence-electron chi connectivity index (χ3n) is 2.45. The molecule has 4 N–H and O–H groups in total. The van der Waals surface area contributed by atoms with E-state index < -0.39 is 12.0 Å². The molecule has 4 nitrogen and oxygen atoms in total. The molecule has 0 radical (unpaired) electrons. The molecule has 0 saturated carbocycles. The number of phenolic OH excluding ortho intramolecular Hbond substituents is 1. The Kier molecular flexibility index (Phi) is 2.68. The summed E-state index contributed by atoms with van der Waals surface area (Å²) in [7, 11) is 0. The van der Waals surface area contributed by atoms with Gasteiger partial charge in [-0.25, -0.2) is 4.98 Å². The lowest BCUT2D eigenvalue weighted by Gasteiger charge is -2.02. The summed E-state index contributed by atoms with van der Waals surface area (Å²) >= 11 is 0. The van der Waals surface area contributed by atoms with Gasteiger partial charge in [0.2, 0.25) is 5.82 Å². The zero-order chi connectivity index (χ0) is 13.5. The Labute approximate surface area is 100 Å². The summed E-state index contributed by atoms with van der Waals surface area (Å²) in [6.45, 7) is 1.49. The number of H-pyrrole nitrogens is 1. The standard InChI is InChI=1S/C11H10F3N3O/c1-5-9(17-10(16-5)11(12,13)14)6-2-3-8(18)7(15)4-6/h2-4,18H,15H2,1H3,(H,16,17). The minimum Gasteiger partial charge on any atom is -0.506 e. The zero-order valence-corrected chi connectivity index (χ0v) is 9.34. The molecule has 0 spiro atoms. The number of anilines is 1. The first kappa shape index (κ1) is 12.3. The average molecular weight is 257 g/mol. The van der Waals surface area contributed by atoms with Crippen LogP contribution in [0.2, 0.25) is 0 Å². The number of aromatic hydroxyl groups is 1. The van der Waals surface area contributed by atoms with Crippen molar-refractivity contribution in [1.29, 1.82) is 0 Å². The maximum atomic E-state index is 12.5. The lowest BCUT2D eigenvalue weighted by atomic mass is 10.1. The molecule has 0 aliphatic heterocycles. The van der Waals surface area contributed by atoms with E-state index in [9.17, 15) is 18.3 Å². The highest BCUT2D eigenvalue weighted by atomic mass is 19.4. The van der Waals surface area contributed by atoms with Gasteiger partial charge in [0, 0.05) is 11.3 Å². The van der Waals surface area contributed by atoms with Gasteiger partial charge in [-0.2, -0.15) is 13.2 Å². The molecular formula is C11H10F3N3O. The van der Waals surface area contributed by atoms with Gasteiger partial charge in [-0.3, -0.25) is 0 Å². The Bertz CT molecular complexity index is 590. The topological polar surface area (TPSA) is 74.9 Å². The van der Waals surface area contributed by atoms with E-state index in [0.717, 1.165) is 0 Å². The Morgan fingerprint density at radius 1 is 1.33 bits per heavy atom. The minimum atomic E-state index is -4.52. The number of aromatic nitrogens is 2. The van der Waals surface area contributed by atoms with Crippen molar-refractivity contribution in [3.8, 4) is 17.0 Å². The number of rotatable bonds is 1. The van der Waals surface area contributed by atoms with Crippen molar-refractivity contribution in [3.05, 3.63) is 29.7 Å². The quantitative estimate of drug-likeness (QED) is 0.543. The molecule has 1 aromatic heterocycles. The van der Waals surface area contributed by atoms with Crippen molar-refractivity contribution in [2.45, 2.75) is 13.1 Å². The smallest absolute Gasteiger partial charge is 0.449 e. The van der Waals surface area contributed by atoms with Gasteiger partial charge < -0.3 is 15.8 Å². The first-order chi connectivity index (χ1) is 8.29. The number of aromatic amines is 1. The molecular weight excluding hydrogens is 247 g/mol. The minimum absolute atomic E-state index is 0.0865. The highest BCUT2D eigenvalue weighted by Gasteiger charge is 2.35. The van der Waals surface area contributed by atoms with Crippen LogP contribution in [0, 0.1) is 6.92 Å². The molecule has 0 unspecified atom stereocenters. The van der Waals surface area contributed by atoms with E-state index in [1.165, 1.54) is 25.1 Å². The Balaban J connectivity index is 2.51. The van der Waals surface area contributed by atoms with Crippen LogP contribution in [0.5, 0.6) is 5.75 Å². The number of phenols is 1. The lowest BCUT2D eigenvalue weighted by molar-refractivity contribution is -0.144. The van der Waals surface area contributed by atoms with E-state index in [4.69, 9.17) is 5.73 Å². The molecule has 7 heteroatoms. The summed E-state index contributed by atoms with van der Waals surface area (Å²) in [5.41, 5.74) is 6.43. The number of hydrogen-bond donors (Lipinski definition) is 3. The molecule has 2 rings (SSSR count). The van der Waals surface area contributed by atoms with Crippen molar-refractivity contribution in [3.63, 3.8) is 0 Å². The monoisotopic (exact) mass is 257 g/mol. The number of aryl methyl sites for hydroxylation is 1. The maximum Gasteiger partial charge on any atom is 0.449 e. The third-order valence-corrected chi connectivity index (χ3v) is 2.45. The molecule has 1 heterocycles. The van der Waals surface area contributed by atoms with Crippen LogP contribution in [0.1, 0.15) is 11.5 Å². The number of alkyl halides is 3. The predicted molar refractivity (Wildman–Crippen MR) is 59.8 cm³/mol. The number of nitrogens with one attached hydrogen (secondary N) is 1. The largest absolute Gasteiger partial charge is 0.506 e. The highest BCUT2D eigenvalue weighted by molar-refractivity contribution is 5.69. The van der Waals surface area contributed by atoms with Crippen molar-refractivity contribution < 1.29 is 18.3 Å². The van der Waals surface area contributed by atoms with Crippen LogP contribution >= 0.6 is 0 Å². The summed E-state index contributed by atoms with van der Waals surface area (Å²) in [5.74, 6) is -1.18. The normalized spacial score (nSPS) is 11.8. The summed E-state index contributed by atoms with van der Waals surface area (Å²) in [5, 5.41) is 9.26. The Morgan fingerprint density at radius 3 is 2.50 bits per heavy atom. The van der Waals surface area contributed by atoms with E-state index in [0.29, 0.717) is 5.56 Å². The van der Waals surface area contributed by atoms with Gasteiger partial charge in [0.15, 0.2) is 0 Å². The zero-order valence-electron chi connectivity index (χ0n) is 9.34. The summed E-state index contributed by atoms with van der Waals surface area (Å²) in [4.78, 5) is 5.68. The van der Waals surface area contributed by atoms with Gasteiger partial charge in [-0.05, 0) is 25.1 Å². The molecule has 0 atom stereocenters. The molecule has 0 bridgehead atoms. The Morgan fingerprint density at radius 2 is 2.00 bits per heavy atom. The van der Waals surface area contributed by atoms with Crippen molar-refractivity contribution in [2.75, 3.05) is 5.73 Å². The van der Waals surface area contributed by atoms with Crippen LogP contribution in [-0.2, 0) is 6.18 Å². The van der Waals surface area contributed by atoms with Crippen LogP contribution < -0.4 is 5.73 Å². The number of halogens is 3. The number of benzene rings is 1. The van der Waals surface area contributed by atoms with E-state index in [2.05, 4.69) is 9.97 Å². The molecule has 96 valence electrons. The van der Waals surface area contributed by atoms with Gasteiger partial charge >= 0.3 is 6.18 Å². The van der Waals surface area contributed by atoms with E-state index in [1.807, 2.05) is 0 Å². The van der Waals surface area contributed by atoms with Gasteiger partial charge in [-0.15, -0.1) is 0 Å². The van der Waals surface area contributed by atoms with Gasteiger partial charge in [-0.1, -0.05) is 0 Å². The van der Waals surface area contributed by atoms with Crippen LogP contribution in [0.3, 0.4) is 0 Å². The van der Waals surface area contributed by atoms with Crippen molar-refractivity contribution >= 4 is 5.69 Å². The molecule has 0 fully saturated rings. The van der Waals surface area contributed by atoms with Crippen molar-refractivity contribution in [2.24, 2.45) is 0 Å². The summed E-state index contributed by atoms with van der Waals surface area (Å²) < 4.78 is 37.4. The first-order valence-electron chi connectivity index (χ1n) is 5.01. The molecule has 0 aliphatic carbocycles. The fourth-order valence-electron chi connectivity index (χ4n) is 1.58. The Hall–Kier alpha value is -2.18. The number of nitrogens with two attached hydrogens (primary N) is 1. The van der Waals surface area contributed by atoms with Crippen molar-refractivity contribution in [1.82, 2.24) is 9.97 Å². The fourth-order valence-corrected chi connectivity index (χ4v) is 1.58. The summed E-state index contributed by atoms with van der Waals surface area (Å²) in [6.07, 6.45) is -4.52. The van der Waals surface area contributed by atoms with E-state index in [1.54, 1.807) is 0 Å². The van der Waals surface area contributed by atoms with Gasteiger partial charge in [0.05, 0.1) is 11.4 Å². The molecule has 0 saturated heterocycles. The number of imidazole rings is 1. The molecule has 18 heavy (non-hydrogen) atoms. The maximum absolute atomic E-state index is 12.5. The van der Waals surface area contributed by atoms with Crippen LogP contribution in [-0.4, -0.2) is 15.1 Å². The van der Waals surface area contributed by atoms with Crippen LogP contribution in [0.25, 0.3) is 11.3 Å². The summed E-state index contributed by atoms with van der Waals surface area (Å²) in [6, 6.07) is 4.14.